The van der Waals surface area contributed by atoms with Gasteiger partial charge >= 0.3 is 0 Å². The van der Waals surface area contributed by atoms with Crippen molar-refractivity contribution in [1.82, 2.24) is 9.88 Å². The lowest BCUT2D eigenvalue weighted by Gasteiger charge is -2.39. The van der Waals surface area contributed by atoms with Crippen molar-refractivity contribution in [3.8, 4) is 17.0 Å². The summed E-state index contributed by atoms with van der Waals surface area (Å²) in [6.45, 7) is 6.65. The van der Waals surface area contributed by atoms with Gasteiger partial charge in [-0.1, -0.05) is 60.7 Å². The lowest BCUT2D eigenvalue weighted by atomic mass is 9.96. The van der Waals surface area contributed by atoms with Gasteiger partial charge in [-0.3, -0.25) is 4.90 Å². The van der Waals surface area contributed by atoms with Gasteiger partial charge in [0.05, 0.1) is 18.3 Å². The second-order valence-corrected chi connectivity index (χ2v) is 9.06. The van der Waals surface area contributed by atoms with E-state index in [1.165, 1.54) is 11.1 Å². The molecule has 0 N–H and O–H groups in total. The zero-order valence-electron chi connectivity index (χ0n) is 18.9. The second kappa shape index (κ2) is 10.2. The van der Waals surface area contributed by atoms with Crippen LogP contribution in [0.5, 0.6) is 5.75 Å². The van der Waals surface area contributed by atoms with Crippen LogP contribution in [0.25, 0.3) is 11.3 Å². The Labute approximate surface area is 200 Å². The molecule has 1 saturated heterocycles. The van der Waals surface area contributed by atoms with Gasteiger partial charge in [0.2, 0.25) is 0 Å². The third-order valence-electron chi connectivity index (χ3n) is 6.13. The molecule has 0 amide bonds. The number of piperazine rings is 1. The summed E-state index contributed by atoms with van der Waals surface area (Å²) in [6, 6.07) is 30.2. The van der Waals surface area contributed by atoms with Gasteiger partial charge in [0.15, 0.2) is 5.13 Å². The molecule has 4 nitrogen and oxygen atoms in total. The Balaban J connectivity index is 1.28. The number of aromatic nitrogens is 1. The molecule has 168 valence electrons. The minimum Gasteiger partial charge on any atom is -0.494 e. The highest BCUT2D eigenvalue weighted by Crippen LogP contribution is 2.32. The molecule has 1 aromatic heterocycles. The lowest BCUT2D eigenvalue weighted by molar-refractivity contribution is 0.212. The molecule has 3 aromatic carbocycles. The van der Waals surface area contributed by atoms with E-state index in [4.69, 9.17) is 9.72 Å². The smallest absolute Gasteiger partial charge is 0.185 e. The lowest BCUT2D eigenvalue weighted by Crippen LogP contribution is -2.48. The van der Waals surface area contributed by atoms with E-state index in [0.717, 1.165) is 48.3 Å². The number of hydrogen-bond donors (Lipinski definition) is 0. The van der Waals surface area contributed by atoms with E-state index in [1.807, 2.05) is 19.1 Å². The zero-order valence-corrected chi connectivity index (χ0v) is 19.7. The van der Waals surface area contributed by atoms with E-state index in [2.05, 4.69) is 88.0 Å². The zero-order chi connectivity index (χ0) is 22.5. The first-order valence-corrected chi connectivity index (χ1v) is 12.5. The maximum Gasteiger partial charge on any atom is 0.185 e. The summed E-state index contributed by atoms with van der Waals surface area (Å²) in [5.74, 6) is 0.902. The predicted octanol–water partition coefficient (Wildman–Crippen LogP) is 6.12. The molecule has 0 bridgehead atoms. The molecule has 4 aromatic rings. The van der Waals surface area contributed by atoms with Crippen LogP contribution in [0, 0.1) is 0 Å². The molecule has 0 unspecified atom stereocenters. The average Bonchev–Trinajstić information content (AvgIpc) is 3.37. The van der Waals surface area contributed by atoms with Gasteiger partial charge < -0.3 is 9.64 Å². The van der Waals surface area contributed by atoms with Crippen molar-refractivity contribution < 1.29 is 4.74 Å². The number of anilines is 1. The van der Waals surface area contributed by atoms with Gasteiger partial charge in [-0.05, 0) is 42.3 Å². The number of rotatable bonds is 7. The fourth-order valence-corrected chi connectivity index (χ4v) is 5.38. The minimum atomic E-state index is 0.283. The van der Waals surface area contributed by atoms with Crippen LogP contribution >= 0.6 is 11.3 Å². The van der Waals surface area contributed by atoms with Crippen LogP contribution < -0.4 is 9.64 Å². The van der Waals surface area contributed by atoms with Crippen molar-refractivity contribution in [2.75, 3.05) is 37.7 Å². The van der Waals surface area contributed by atoms with Gasteiger partial charge in [0.1, 0.15) is 5.75 Å². The maximum atomic E-state index is 5.56. The summed E-state index contributed by atoms with van der Waals surface area (Å²) < 4.78 is 5.56. The van der Waals surface area contributed by atoms with E-state index in [0.29, 0.717) is 6.61 Å². The fourth-order valence-electron chi connectivity index (χ4n) is 4.49. The highest BCUT2D eigenvalue weighted by Gasteiger charge is 2.27. The van der Waals surface area contributed by atoms with Crippen LogP contribution in [0.2, 0.25) is 0 Å². The van der Waals surface area contributed by atoms with Crippen LogP contribution in [0.1, 0.15) is 24.1 Å². The van der Waals surface area contributed by atoms with Gasteiger partial charge in [0, 0.05) is 37.1 Å². The molecule has 0 saturated carbocycles. The molecule has 1 aliphatic rings. The highest BCUT2D eigenvalue weighted by atomic mass is 32.1. The number of ether oxygens (including phenoxy) is 1. The Morgan fingerprint density at radius 3 is 2.00 bits per heavy atom. The number of thiazole rings is 1. The molecular formula is C28H29N3OS. The first-order valence-electron chi connectivity index (χ1n) is 11.6. The van der Waals surface area contributed by atoms with Crippen LogP contribution in [-0.2, 0) is 0 Å². The molecule has 5 rings (SSSR count). The largest absolute Gasteiger partial charge is 0.494 e. The Bertz CT molecular complexity index is 1100. The monoisotopic (exact) mass is 455 g/mol. The third-order valence-corrected chi connectivity index (χ3v) is 7.04. The van der Waals surface area contributed by atoms with Gasteiger partial charge in [-0.15, -0.1) is 11.3 Å². The van der Waals surface area contributed by atoms with E-state index in [9.17, 15) is 0 Å². The second-order valence-electron chi connectivity index (χ2n) is 8.22. The number of hydrogen-bond acceptors (Lipinski definition) is 5. The molecule has 33 heavy (non-hydrogen) atoms. The van der Waals surface area contributed by atoms with Crippen LogP contribution in [0.15, 0.2) is 90.3 Å². The average molecular weight is 456 g/mol. The highest BCUT2D eigenvalue weighted by molar-refractivity contribution is 7.14. The van der Waals surface area contributed by atoms with Crippen molar-refractivity contribution in [3.05, 3.63) is 101 Å². The van der Waals surface area contributed by atoms with Crippen molar-refractivity contribution in [3.63, 3.8) is 0 Å². The predicted molar refractivity (Wildman–Crippen MR) is 137 cm³/mol. The molecule has 0 aliphatic carbocycles. The molecular weight excluding hydrogens is 426 g/mol. The topological polar surface area (TPSA) is 28.6 Å². The molecule has 0 radical (unpaired) electrons. The van der Waals surface area contributed by atoms with Gasteiger partial charge in [-0.2, -0.15) is 0 Å². The Kier molecular flexibility index (Phi) is 6.70. The maximum absolute atomic E-state index is 5.56. The van der Waals surface area contributed by atoms with Crippen LogP contribution in [0.3, 0.4) is 0 Å². The van der Waals surface area contributed by atoms with E-state index in [1.54, 1.807) is 11.3 Å². The normalized spacial score (nSPS) is 14.5. The molecule has 5 heteroatoms. The Hall–Kier alpha value is -3.15. The quantitative estimate of drug-likeness (QED) is 0.336. The molecule has 1 fully saturated rings. The SMILES string of the molecule is CCOc1ccc(-c2csc(N3CCN(C(c4ccccc4)c4ccccc4)CC3)n2)cc1. The fraction of sp³-hybridized carbons (Fsp3) is 0.250. The molecule has 1 aliphatic heterocycles. The summed E-state index contributed by atoms with van der Waals surface area (Å²) >= 11 is 1.73. The van der Waals surface area contributed by atoms with E-state index in [-0.39, 0.29) is 6.04 Å². The van der Waals surface area contributed by atoms with Crippen LogP contribution in [-0.4, -0.2) is 42.7 Å². The molecule has 0 atom stereocenters. The Morgan fingerprint density at radius 1 is 0.818 bits per heavy atom. The van der Waals surface area contributed by atoms with Crippen molar-refractivity contribution in [1.29, 1.82) is 0 Å². The van der Waals surface area contributed by atoms with E-state index >= 15 is 0 Å². The summed E-state index contributed by atoms with van der Waals surface area (Å²) in [6.07, 6.45) is 0. The standard InChI is InChI=1S/C28H29N3OS/c1-2-32-25-15-13-22(14-16-25)26-21-33-28(29-26)31-19-17-30(18-20-31)27(23-9-5-3-6-10-23)24-11-7-4-8-12-24/h3-16,21,27H,2,17-20H2,1H3. The first kappa shape index (κ1) is 21.7. The van der Waals surface area contributed by atoms with Crippen LogP contribution in [0.4, 0.5) is 5.13 Å². The first-order chi connectivity index (χ1) is 16.3. The number of nitrogens with zero attached hydrogens (tertiary/aromatic N) is 3. The summed E-state index contributed by atoms with van der Waals surface area (Å²) in [5, 5.41) is 3.27. The number of benzene rings is 3. The molecule has 0 spiro atoms. The summed E-state index contributed by atoms with van der Waals surface area (Å²) in [4.78, 5) is 9.97. The molecule has 2 heterocycles. The van der Waals surface area contributed by atoms with Crippen molar-refractivity contribution in [2.45, 2.75) is 13.0 Å². The third kappa shape index (κ3) is 4.95. The minimum absolute atomic E-state index is 0.283. The summed E-state index contributed by atoms with van der Waals surface area (Å²) in [7, 11) is 0. The van der Waals surface area contributed by atoms with Crippen molar-refractivity contribution >= 4 is 16.5 Å². The Morgan fingerprint density at radius 2 is 1.42 bits per heavy atom. The summed E-state index contributed by atoms with van der Waals surface area (Å²) in [5.41, 5.74) is 4.87. The van der Waals surface area contributed by atoms with E-state index < -0.39 is 0 Å². The van der Waals surface area contributed by atoms with Crippen molar-refractivity contribution in [2.24, 2.45) is 0 Å². The van der Waals surface area contributed by atoms with Gasteiger partial charge in [0.25, 0.3) is 0 Å². The van der Waals surface area contributed by atoms with Gasteiger partial charge in [-0.25, -0.2) is 4.98 Å².